The summed E-state index contributed by atoms with van der Waals surface area (Å²) in [6, 6.07) is 0. The van der Waals surface area contributed by atoms with E-state index in [4.69, 9.17) is 5.11 Å². The van der Waals surface area contributed by atoms with Crippen molar-refractivity contribution in [2.45, 2.75) is 155 Å². The second-order valence-corrected chi connectivity index (χ2v) is 9.24. The molecule has 0 aliphatic carbocycles. The first-order valence-corrected chi connectivity index (χ1v) is 13.8. The summed E-state index contributed by atoms with van der Waals surface area (Å²) < 4.78 is 0. The van der Waals surface area contributed by atoms with Crippen LogP contribution in [-0.2, 0) is 4.79 Å². The van der Waals surface area contributed by atoms with Crippen molar-refractivity contribution in [1.82, 2.24) is 0 Å². The lowest BCUT2D eigenvalue weighted by Gasteiger charge is -2.04. The molecule has 0 saturated carbocycles. The number of rotatable bonds is 25. The SMILES string of the molecule is CCC=CCC=CCCCCCCCCCCCCCCCCCCCCCC(=O)O. The quantitative estimate of drug-likeness (QED) is 0.115. The third-order valence-corrected chi connectivity index (χ3v) is 6.10. The highest BCUT2D eigenvalue weighted by Crippen LogP contribution is 2.15. The molecule has 0 spiro atoms. The van der Waals surface area contributed by atoms with Crippen LogP contribution < -0.4 is 0 Å². The molecule has 0 aromatic carbocycles. The summed E-state index contributed by atoms with van der Waals surface area (Å²) in [5.74, 6) is -0.652. The Bertz CT molecular complexity index is 411. The molecule has 0 atom stereocenters. The van der Waals surface area contributed by atoms with Crippen molar-refractivity contribution in [2.24, 2.45) is 0 Å². The Kier molecular flexibility index (Phi) is 26.1. The van der Waals surface area contributed by atoms with Gasteiger partial charge in [0.05, 0.1) is 0 Å². The number of aliphatic carboxylic acids is 1. The van der Waals surface area contributed by atoms with Gasteiger partial charge in [-0.3, -0.25) is 4.79 Å². The molecule has 0 heterocycles. The molecular formula is C29H54O2. The Labute approximate surface area is 195 Å². The Morgan fingerprint density at radius 1 is 0.516 bits per heavy atom. The Morgan fingerprint density at radius 3 is 1.26 bits per heavy atom. The van der Waals surface area contributed by atoms with Gasteiger partial charge in [-0.15, -0.1) is 0 Å². The first kappa shape index (κ1) is 29.9. The first-order valence-electron chi connectivity index (χ1n) is 13.8. The second kappa shape index (κ2) is 27.0. The molecule has 31 heavy (non-hydrogen) atoms. The maximum atomic E-state index is 10.4. The summed E-state index contributed by atoms with van der Waals surface area (Å²) >= 11 is 0. The number of carboxylic acid groups (broad SMARTS) is 1. The van der Waals surface area contributed by atoms with Gasteiger partial charge in [0.25, 0.3) is 0 Å². The van der Waals surface area contributed by atoms with Gasteiger partial charge in [0, 0.05) is 6.42 Å². The molecular weight excluding hydrogens is 380 g/mol. The van der Waals surface area contributed by atoms with E-state index in [1.165, 1.54) is 116 Å². The zero-order valence-electron chi connectivity index (χ0n) is 20.9. The predicted octanol–water partition coefficient (Wildman–Crippen LogP) is 10.2. The van der Waals surface area contributed by atoms with E-state index in [1.54, 1.807) is 0 Å². The molecule has 0 aliphatic rings. The van der Waals surface area contributed by atoms with Crippen molar-refractivity contribution in [1.29, 1.82) is 0 Å². The highest BCUT2D eigenvalue weighted by molar-refractivity contribution is 5.66. The van der Waals surface area contributed by atoms with E-state index >= 15 is 0 Å². The van der Waals surface area contributed by atoms with Gasteiger partial charge in [0.15, 0.2) is 0 Å². The van der Waals surface area contributed by atoms with Crippen molar-refractivity contribution >= 4 is 5.97 Å². The van der Waals surface area contributed by atoms with Gasteiger partial charge in [0.1, 0.15) is 0 Å². The molecule has 0 saturated heterocycles. The minimum Gasteiger partial charge on any atom is -0.481 e. The van der Waals surface area contributed by atoms with Gasteiger partial charge in [-0.25, -0.2) is 0 Å². The third-order valence-electron chi connectivity index (χ3n) is 6.10. The average Bonchev–Trinajstić information content (AvgIpc) is 2.76. The Hall–Kier alpha value is -1.05. The van der Waals surface area contributed by atoms with Gasteiger partial charge in [-0.2, -0.15) is 0 Å². The fourth-order valence-electron chi connectivity index (χ4n) is 4.10. The standard InChI is InChI=1S/C29H54O2/c1-2-3-4-5-6-7-8-9-10-11-12-13-14-15-16-17-18-19-20-21-22-23-24-25-26-27-28-29(30)31/h3-4,6-7H,2,5,8-28H2,1H3,(H,30,31). The zero-order valence-corrected chi connectivity index (χ0v) is 20.9. The van der Waals surface area contributed by atoms with Crippen LogP contribution in [0.1, 0.15) is 155 Å². The van der Waals surface area contributed by atoms with Crippen LogP contribution in [0.25, 0.3) is 0 Å². The van der Waals surface area contributed by atoms with E-state index in [2.05, 4.69) is 31.2 Å². The van der Waals surface area contributed by atoms with Crippen LogP contribution in [0.4, 0.5) is 0 Å². The maximum absolute atomic E-state index is 10.4. The number of unbranched alkanes of at least 4 members (excludes halogenated alkanes) is 19. The molecule has 0 aromatic heterocycles. The summed E-state index contributed by atoms with van der Waals surface area (Å²) in [4.78, 5) is 10.4. The predicted molar refractivity (Wildman–Crippen MR) is 138 cm³/mol. The van der Waals surface area contributed by atoms with Gasteiger partial charge in [-0.1, -0.05) is 140 Å². The van der Waals surface area contributed by atoms with Gasteiger partial charge >= 0.3 is 5.97 Å². The van der Waals surface area contributed by atoms with Crippen molar-refractivity contribution in [2.75, 3.05) is 0 Å². The highest BCUT2D eigenvalue weighted by atomic mass is 16.4. The summed E-state index contributed by atoms with van der Waals surface area (Å²) in [7, 11) is 0. The average molecular weight is 435 g/mol. The third kappa shape index (κ3) is 28.9. The normalized spacial score (nSPS) is 11.8. The number of hydrogen-bond donors (Lipinski definition) is 1. The Morgan fingerprint density at radius 2 is 0.871 bits per heavy atom. The fourth-order valence-corrected chi connectivity index (χ4v) is 4.10. The molecule has 0 rings (SSSR count). The van der Waals surface area contributed by atoms with Gasteiger partial charge in [0.2, 0.25) is 0 Å². The molecule has 0 bridgehead atoms. The van der Waals surface area contributed by atoms with E-state index in [1.807, 2.05) is 0 Å². The van der Waals surface area contributed by atoms with Crippen molar-refractivity contribution in [3.63, 3.8) is 0 Å². The van der Waals surface area contributed by atoms with Crippen LogP contribution in [0.5, 0.6) is 0 Å². The Balaban J connectivity index is 3.06. The topological polar surface area (TPSA) is 37.3 Å². The minimum absolute atomic E-state index is 0.343. The van der Waals surface area contributed by atoms with Crippen molar-refractivity contribution < 1.29 is 9.90 Å². The molecule has 0 aromatic rings. The van der Waals surface area contributed by atoms with E-state index in [0.29, 0.717) is 6.42 Å². The molecule has 182 valence electrons. The first-order chi connectivity index (χ1) is 15.3. The zero-order chi connectivity index (χ0) is 22.7. The number of hydrogen-bond acceptors (Lipinski definition) is 1. The number of carboxylic acids is 1. The number of allylic oxidation sites excluding steroid dienone is 4. The number of carbonyl (C=O) groups is 1. The van der Waals surface area contributed by atoms with Crippen LogP contribution >= 0.6 is 0 Å². The molecule has 1 N–H and O–H groups in total. The van der Waals surface area contributed by atoms with E-state index < -0.39 is 5.97 Å². The highest BCUT2D eigenvalue weighted by Gasteiger charge is 1.97. The summed E-state index contributed by atoms with van der Waals surface area (Å²) in [6.45, 7) is 2.18. The van der Waals surface area contributed by atoms with Gasteiger partial charge < -0.3 is 5.11 Å². The van der Waals surface area contributed by atoms with E-state index in [-0.39, 0.29) is 0 Å². The van der Waals surface area contributed by atoms with E-state index in [0.717, 1.165) is 25.7 Å². The van der Waals surface area contributed by atoms with Gasteiger partial charge in [-0.05, 0) is 32.1 Å². The lowest BCUT2D eigenvalue weighted by atomic mass is 10.0. The molecule has 0 unspecified atom stereocenters. The van der Waals surface area contributed by atoms with Crippen LogP contribution in [0.3, 0.4) is 0 Å². The maximum Gasteiger partial charge on any atom is 0.303 e. The molecule has 0 radical (unpaired) electrons. The van der Waals surface area contributed by atoms with Crippen LogP contribution in [-0.4, -0.2) is 11.1 Å². The molecule has 2 nitrogen and oxygen atoms in total. The molecule has 2 heteroatoms. The summed E-state index contributed by atoms with van der Waals surface area (Å²) in [6.07, 6.45) is 38.6. The lowest BCUT2D eigenvalue weighted by molar-refractivity contribution is -0.137. The van der Waals surface area contributed by atoms with Crippen molar-refractivity contribution in [3.05, 3.63) is 24.3 Å². The van der Waals surface area contributed by atoms with Crippen LogP contribution in [0.15, 0.2) is 24.3 Å². The lowest BCUT2D eigenvalue weighted by Crippen LogP contribution is -1.93. The fraction of sp³-hybridized carbons (Fsp3) is 0.828. The van der Waals surface area contributed by atoms with E-state index in [9.17, 15) is 4.79 Å². The second-order valence-electron chi connectivity index (χ2n) is 9.24. The monoisotopic (exact) mass is 434 g/mol. The van der Waals surface area contributed by atoms with Crippen molar-refractivity contribution in [3.8, 4) is 0 Å². The minimum atomic E-state index is -0.652. The summed E-state index contributed by atoms with van der Waals surface area (Å²) in [5, 5.41) is 8.60. The largest absolute Gasteiger partial charge is 0.481 e. The van der Waals surface area contributed by atoms with Crippen LogP contribution in [0, 0.1) is 0 Å². The smallest absolute Gasteiger partial charge is 0.303 e. The van der Waals surface area contributed by atoms with Crippen LogP contribution in [0.2, 0.25) is 0 Å². The summed E-state index contributed by atoms with van der Waals surface area (Å²) in [5.41, 5.74) is 0. The molecule has 0 amide bonds. The molecule has 0 fully saturated rings. The molecule has 0 aliphatic heterocycles.